The first kappa shape index (κ1) is 14.4. The fourth-order valence-electron chi connectivity index (χ4n) is 2.86. The van der Waals surface area contributed by atoms with Gasteiger partial charge in [0.25, 0.3) is 0 Å². The molecule has 0 aliphatic carbocycles. The number of fused-ring (bicyclic) bond motifs is 1. The lowest BCUT2D eigenvalue weighted by Crippen LogP contribution is -2.25. The summed E-state index contributed by atoms with van der Waals surface area (Å²) >= 11 is 3.53. The molecule has 0 amide bonds. The predicted octanol–water partition coefficient (Wildman–Crippen LogP) is 4.02. The molecule has 0 bridgehead atoms. The van der Waals surface area contributed by atoms with E-state index in [0.717, 1.165) is 28.0 Å². The molecule has 0 spiro atoms. The van der Waals surface area contributed by atoms with Gasteiger partial charge in [0.15, 0.2) is 0 Å². The summed E-state index contributed by atoms with van der Waals surface area (Å²) < 4.78 is 11.9. The number of para-hydroxylation sites is 1. The second kappa shape index (κ2) is 6.08. The molecule has 2 aromatic rings. The molecule has 4 heteroatoms. The zero-order valence-electron chi connectivity index (χ0n) is 11.9. The summed E-state index contributed by atoms with van der Waals surface area (Å²) in [6.45, 7) is 0.715. The summed E-state index contributed by atoms with van der Waals surface area (Å²) in [6.07, 6.45) is 0.932. The van der Waals surface area contributed by atoms with Crippen LogP contribution in [0.3, 0.4) is 0 Å². The highest BCUT2D eigenvalue weighted by molar-refractivity contribution is 9.10. The Bertz CT molecular complexity index is 644. The third kappa shape index (κ3) is 2.78. The van der Waals surface area contributed by atoms with Gasteiger partial charge in [-0.3, -0.25) is 0 Å². The fourth-order valence-corrected chi connectivity index (χ4v) is 3.42. The molecular weight excluding hydrogens is 330 g/mol. The van der Waals surface area contributed by atoms with Gasteiger partial charge in [-0.1, -0.05) is 24.3 Å². The Balaban J connectivity index is 1.92. The van der Waals surface area contributed by atoms with E-state index in [1.807, 2.05) is 36.4 Å². The Morgan fingerprint density at radius 1 is 1.29 bits per heavy atom. The van der Waals surface area contributed by atoms with Crippen molar-refractivity contribution < 1.29 is 9.47 Å². The van der Waals surface area contributed by atoms with Crippen LogP contribution in [0.15, 0.2) is 46.9 Å². The molecule has 3 rings (SSSR count). The smallest absolute Gasteiger partial charge is 0.133 e. The molecule has 2 aromatic carbocycles. The van der Waals surface area contributed by atoms with Crippen molar-refractivity contribution in [2.45, 2.75) is 18.4 Å². The van der Waals surface area contributed by atoms with E-state index in [2.05, 4.69) is 22.0 Å². The predicted molar refractivity (Wildman–Crippen MR) is 86.9 cm³/mol. The monoisotopic (exact) mass is 347 g/mol. The van der Waals surface area contributed by atoms with Crippen molar-refractivity contribution in [2.24, 2.45) is 5.73 Å². The van der Waals surface area contributed by atoms with Crippen LogP contribution < -0.4 is 15.2 Å². The lowest BCUT2D eigenvalue weighted by Gasteiger charge is -2.30. The minimum Gasteiger partial charge on any atom is -0.496 e. The largest absolute Gasteiger partial charge is 0.496 e. The molecule has 110 valence electrons. The van der Waals surface area contributed by atoms with Gasteiger partial charge >= 0.3 is 0 Å². The standard InChI is InChI=1S/C17H18BrNO2/c1-20-16-7-6-11(10-14(16)18)17(19)13-8-9-21-15-5-3-2-4-12(13)15/h2-7,10,13,17H,8-9,19H2,1H3. The lowest BCUT2D eigenvalue weighted by molar-refractivity contribution is 0.255. The molecule has 0 saturated carbocycles. The Kier molecular flexibility index (Phi) is 4.17. The molecule has 0 radical (unpaired) electrons. The highest BCUT2D eigenvalue weighted by atomic mass is 79.9. The number of ether oxygens (including phenoxy) is 2. The Labute approximate surface area is 133 Å². The maximum Gasteiger partial charge on any atom is 0.133 e. The minimum atomic E-state index is -0.0581. The zero-order chi connectivity index (χ0) is 14.8. The van der Waals surface area contributed by atoms with Gasteiger partial charge in [-0.05, 0) is 51.7 Å². The van der Waals surface area contributed by atoms with Crippen LogP contribution in [0.4, 0.5) is 0 Å². The summed E-state index contributed by atoms with van der Waals surface area (Å²) in [5.74, 6) is 2.05. The van der Waals surface area contributed by atoms with Crippen molar-refractivity contribution >= 4 is 15.9 Å². The van der Waals surface area contributed by atoms with Gasteiger partial charge in [0.05, 0.1) is 18.2 Å². The third-order valence-electron chi connectivity index (χ3n) is 4.00. The summed E-state index contributed by atoms with van der Waals surface area (Å²) in [7, 11) is 1.66. The van der Waals surface area contributed by atoms with Crippen LogP contribution >= 0.6 is 15.9 Å². The zero-order valence-corrected chi connectivity index (χ0v) is 13.5. The van der Waals surface area contributed by atoms with Crippen LogP contribution in [0.2, 0.25) is 0 Å². The minimum absolute atomic E-state index is 0.0581. The average molecular weight is 348 g/mol. The molecule has 0 saturated heterocycles. The van der Waals surface area contributed by atoms with Gasteiger partial charge in [-0.2, -0.15) is 0 Å². The highest BCUT2D eigenvalue weighted by Gasteiger charge is 2.27. The van der Waals surface area contributed by atoms with Crippen molar-refractivity contribution in [1.29, 1.82) is 0 Å². The lowest BCUT2D eigenvalue weighted by atomic mass is 9.84. The number of methoxy groups -OCH3 is 1. The molecular formula is C17H18BrNO2. The van der Waals surface area contributed by atoms with Gasteiger partial charge in [0.2, 0.25) is 0 Å². The Morgan fingerprint density at radius 3 is 2.86 bits per heavy atom. The van der Waals surface area contributed by atoms with Gasteiger partial charge < -0.3 is 15.2 Å². The summed E-state index contributed by atoms with van der Waals surface area (Å²) in [5, 5.41) is 0. The molecule has 0 fully saturated rings. The third-order valence-corrected chi connectivity index (χ3v) is 4.62. The molecule has 1 aliphatic rings. The molecule has 0 aromatic heterocycles. The van der Waals surface area contributed by atoms with E-state index >= 15 is 0 Å². The molecule has 21 heavy (non-hydrogen) atoms. The summed E-state index contributed by atoms with van der Waals surface area (Å²) in [4.78, 5) is 0. The maximum absolute atomic E-state index is 6.53. The van der Waals surface area contributed by atoms with E-state index in [-0.39, 0.29) is 12.0 Å². The number of hydrogen-bond donors (Lipinski definition) is 1. The van der Waals surface area contributed by atoms with Crippen molar-refractivity contribution in [1.82, 2.24) is 0 Å². The summed E-state index contributed by atoms with van der Waals surface area (Å²) in [6, 6.07) is 14.1. The van der Waals surface area contributed by atoms with Crippen molar-refractivity contribution in [3.63, 3.8) is 0 Å². The second-order valence-corrected chi connectivity index (χ2v) is 6.06. The van der Waals surface area contributed by atoms with Gasteiger partial charge in [-0.25, -0.2) is 0 Å². The first-order valence-corrected chi connectivity index (χ1v) is 7.80. The van der Waals surface area contributed by atoms with Gasteiger partial charge in [0, 0.05) is 12.0 Å². The summed E-state index contributed by atoms with van der Waals surface area (Å²) in [5.41, 5.74) is 8.83. The maximum atomic E-state index is 6.53. The Morgan fingerprint density at radius 2 is 2.10 bits per heavy atom. The van der Waals surface area contributed by atoms with E-state index in [1.165, 1.54) is 5.56 Å². The van der Waals surface area contributed by atoms with Crippen molar-refractivity contribution in [3.05, 3.63) is 58.1 Å². The quantitative estimate of drug-likeness (QED) is 0.911. The van der Waals surface area contributed by atoms with Crippen molar-refractivity contribution in [3.8, 4) is 11.5 Å². The van der Waals surface area contributed by atoms with Crippen LogP contribution in [0.1, 0.15) is 29.5 Å². The van der Waals surface area contributed by atoms with Crippen LogP contribution in [0.25, 0.3) is 0 Å². The van der Waals surface area contributed by atoms with Crippen LogP contribution in [-0.2, 0) is 0 Å². The second-order valence-electron chi connectivity index (χ2n) is 5.20. The van der Waals surface area contributed by atoms with Crippen LogP contribution in [0, 0.1) is 0 Å². The van der Waals surface area contributed by atoms with Gasteiger partial charge in [-0.15, -0.1) is 0 Å². The van der Waals surface area contributed by atoms with Crippen LogP contribution in [0.5, 0.6) is 11.5 Å². The molecule has 2 N–H and O–H groups in total. The molecule has 2 atom stereocenters. The molecule has 3 nitrogen and oxygen atoms in total. The van der Waals surface area contributed by atoms with Gasteiger partial charge in [0.1, 0.15) is 11.5 Å². The fraction of sp³-hybridized carbons (Fsp3) is 0.294. The topological polar surface area (TPSA) is 44.5 Å². The first-order valence-electron chi connectivity index (χ1n) is 7.01. The van der Waals surface area contributed by atoms with E-state index in [0.29, 0.717) is 6.61 Å². The number of rotatable bonds is 3. The van der Waals surface area contributed by atoms with E-state index in [4.69, 9.17) is 15.2 Å². The van der Waals surface area contributed by atoms with Crippen molar-refractivity contribution in [2.75, 3.05) is 13.7 Å². The first-order chi connectivity index (χ1) is 10.2. The normalized spacial score (nSPS) is 18.5. The number of nitrogens with two attached hydrogens (primary N) is 1. The Hall–Kier alpha value is -1.52. The van der Waals surface area contributed by atoms with E-state index < -0.39 is 0 Å². The SMILES string of the molecule is COc1ccc(C(N)C2CCOc3ccccc32)cc1Br. The average Bonchev–Trinajstić information content (AvgIpc) is 2.53. The molecule has 1 heterocycles. The van der Waals surface area contributed by atoms with E-state index in [1.54, 1.807) is 7.11 Å². The molecule has 2 unspecified atom stereocenters. The number of halogens is 1. The number of hydrogen-bond acceptors (Lipinski definition) is 3. The molecule has 1 aliphatic heterocycles. The number of benzene rings is 2. The highest BCUT2D eigenvalue weighted by Crippen LogP contribution is 2.41. The van der Waals surface area contributed by atoms with E-state index in [9.17, 15) is 0 Å². The van der Waals surface area contributed by atoms with Crippen LogP contribution in [-0.4, -0.2) is 13.7 Å².